The first-order valence-electron chi connectivity index (χ1n) is 6.82. The minimum Gasteiger partial charge on any atom is -0.316 e. The minimum absolute atomic E-state index is 0.733. The van der Waals surface area contributed by atoms with E-state index in [1.54, 1.807) is 0 Å². The number of para-hydroxylation sites is 1. The van der Waals surface area contributed by atoms with Gasteiger partial charge < -0.3 is 5.32 Å². The topological polar surface area (TPSA) is 29.9 Å². The van der Waals surface area contributed by atoms with E-state index >= 15 is 0 Å². The molecule has 0 unspecified atom stereocenters. The number of nitrogens with one attached hydrogen (secondary N) is 1. The quantitative estimate of drug-likeness (QED) is 0.791. The molecule has 106 valence electrons. The van der Waals surface area contributed by atoms with Crippen LogP contribution in [0.25, 0.3) is 16.9 Å². The number of halogens is 1. The summed E-state index contributed by atoms with van der Waals surface area (Å²) in [5.41, 5.74) is 4.25. The van der Waals surface area contributed by atoms with E-state index in [1.165, 1.54) is 0 Å². The Balaban J connectivity index is 2.06. The van der Waals surface area contributed by atoms with Gasteiger partial charge in [-0.05, 0) is 31.3 Å². The van der Waals surface area contributed by atoms with Crippen molar-refractivity contribution in [3.63, 3.8) is 0 Å². The molecule has 3 rings (SSSR count). The van der Waals surface area contributed by atoms with Gasteiger partial charge in [-0.2, -0.15) is 5.10 Å². The van der Waals surface area contributed by atoms with Crippen LogP contribution in [0.15, 0.2) is 60.8 Å². The van der Waals surface area contributed by atoms with Gasteiger partial charge in [0.1, 0.15) is 0 Å². The fraction of sp³-hybridized carbons (Fsp3) is 0.118. The van der Waals surface area contributed by atoms with E-state index < -0.39 is 0 Å². The van der Waals surface area contributed by atoms with Gasteiger partial charge in [0.15, 0.2) is 0 Å². The largest absolute Gasteiger partial charge is 0.316 e. The number of nitrogens with zero attached hydrogens (tertiary/aromatic N) is 2. The third-order valence-corrected chi connectivity index (χ3v) is 3.55. The van der Waals surface area contributed by atoms with E-state index in [2.05, 4.69) is 11.5 Å². The minimum atomic E-state index is 0.733. The van der Waals surface area contributed by atoms with Crippen LogP contribution in [0.2, 0.25) is 5.02 Å². The molecule has 0 aliphatic carbocycles. The monoisotopic (exact) mass is 297 g/mol. The zero-order valence-corrected chi connectivity index (χ0v) is 12.5. The Morgan fingerprint density at radius 1 is 1.05 bits per heavy atom. The molecule has 0 radical (unpaired) electrons. The van der Waals surface area contributed by atoms with Crippen LogP contribution in [0.3, 0.4) is 0 Å². The average Bonchev–Trinajstić information content (AvgIpc) is 2.93. The van der Waals surface area contributed by atoms with Crippen LogP contribution in [0.4, 0.5) is 0 Å². The second-order valence-electron chi connectivity index (χ2n) is 4.82. The average molecular weight is 298 g/mol. The molecule has 1 aromatic heterocycles. The van der Waals surface area contributed by atoms with Crippen LogP contribution in [0.1, 0.15) is 5.56 Å². The van der Waals surface area contributed by atoms with E-state index in [4.69, 9.17) is 16.7 Å². The summed E-state index contributed by atoms with van der Waals surface area (Å²) in [6.45, 7) is 0.769. The molecule has 0 aliphatic heterocycles. The third kappa shape index (κ3) is 2.99. The first-order valence-corrected chi connectivity index (χ1v) is 7.20. The molecule has 0 aliphatic rings. The lowest BCUT2D eigenvalue weighted by atomic mass is 10.1. The SMILES string of the molecule is CNCc1cn(-c2ccccc2)nc1-c1ccc(Cl)cc1. The standard InChI is InChI=1S/C17H16ClN3/c1-19-11-14-12-21(16-5-3-2-4-6-16)20-17(14)13-7-9-15(18)10-8-13/h2-10,12,19H,11H2,1H3. The van der Waals surface area contributed by atoms with Gasteiger partial charge in [0, 0.05) is 28.9 Å². The fourth-order valence-corrected chi connectivity index (χ4v) is 2.42. The molecule has 0 spiro atoms. The molecule has 0 amide bonds. The van der Waals surface area contributed by atoms with Crippen LogP contribution < -0.4 is 5.32 Å². The maximum Gasteiger partial charge on any atom is 0.0972 e. The maximum absolute atomic E-state index is 5.96. The summed E-state index contributed by atoms with van der Waals surface area (Å²) in [6.07, 6.45) is 2.07. The van der Waals surface area contributed by atoms with Crippen LogP contribution in [-0.2, 0) is 6.54 Å². The molecule has 3 nitrogen and oxygen atoms in total. The highest BCUT2D eigenvalue weighted by molar-refractivity contribution is 6.30. The molecule has 4 heteroatoms. The highest BCUT2D eigenvalue weighted by atomic mass is 35.5. The Hall–Kier alpha value is -2.10. The molecule has 1 heterocycles. The molecule has 0 saturated carbocycles. The van der Waals surface area contributed by atoms with E-state index in [-0.39, 0.29) is 0 Å². The lowest BCUT2D eigenvalue weighted by Gasteiger charge is -2.01. The first-order chi connectivity index (χ1) is 10.3. The van der Waals surface area contributed by atoms with Crippen molar-refractivity contribution >= 4 is 11.6 Å². The van der Waals surface area contributed by atoms with Crippen molar-refractivity contribution in [2.24, 2.45) is 0 Å². The van der Waals surface area contributed by atoms with E-state index in [1.807, 2.05) is 66.3 Å². The molecule has 21 heavy (non-hydrogen) atoms. The van der Waals surface area contributed by atoms with Gasteiger partial charge in [0.2, 0.25) is 0 Å². The number of benzene rings is 2. The van der Waals surface area contributed by atoms with E-state index in [0.29, 0.717) is 0 Å². The molecule has 0 saturated heterocycles. The Morgan fingerprint density at radius 3 is 2.43 bits per heavy atom. The van der Waals surface area contributed by atoms with Crippen LogP contribution >= 0.6 is 11.6 Å². The summed E-state index contributed by atoms with van der Waals surface area (Å²) >= 11 is 5.96. The number of aromatic nitrogens is 2. The molecule has 2 aromatic carbocycles. The van der Waals surface area contributed by atoms with Crippen molar-refractivity contribution in [1.29, 1.82) is 0 Å². The second-order valence-corrected chi connectivity index (χ2v) is 5.26. The van der Waals surface area contributed by atoms with Crippen molar-refractivity contribution in [2.45, 2.75) is 6.54 Å². The number of hydrogen-bond acceptors (Lipinski definition) is 2. The Kier molecular flexibility index (Phi) is 4.04. The zero-order chi connectivity index (χ0) is 14.7. The normalized spacial score (nSPS) is 10.8. The fourth-order valence-electron chi connectivity index (χ4n) is 2.29. The summed E-state index contributed by atoms with van der Waals surface area (Å²) in [4.78, 5) is 0. The van der Waals surface area contributed by atoms with Crippen molar-refractivity contribution < 1.29 is 0 Å². The summed E-state index contributed by atoms with van der Waals surface area (Å²) in [6, 6.07) is 17.9. The molecule has 1 N–H and O–H groups in total. The van der Waals surface area contributed by atoms with Crippen molar-refractivity contribution in [1.82, 2.24) is 15.1 Å². The van der Waals surface area contributed by atoms with E-state index in [0.717, 1.165) is 34.1 Å². The molecular formula is C17H16ClN3. The van der Waals surface area contributed by atoms with Gasteiger partial charge in [-0.1, -0.05) is 41.9 Å². The zero-order valence-electron chi connectivity index (χ0n) is 11.8. The summed E-state index contributed by atoms with van der Waals surface area (Å²) in [5, 5.41) is 8.66. The summed E-state index contributed by atoms with van der Waals surface area (Å²) < 4.78 is 1.91. The van der Waals surface area contributed by atoms with Crippen molar-refractivity contribution in [3.8, 4) is 16.9 Å². The predicted octanol–water partition coefficient (Wildman–Crippen LogP) is 3.91. The van der Waals surface area contributed by atoms with Gasteiger partial charge in [0.25, 0.3) is 0 Å². The summed E-state index contributed by atoms with van der Waals surface area (Å²) in [5.74, 6) is 0. The predicted molar refractivity (Wildman–Crippen MR) is 86.8 cm³/mol. The van der Waals surface area contributed by atoms with Gasteiger partial charge in [-0.15, -0.1) is 0 Å². The Bertz CT molecular complexity index is 718. The second kappa shape index (κ2) is 6.12. The van der Waals surface area contributed by atoms with E-state index in [9.17, 15) is 0 Å². The molecule has 0 fully saturated rings. The third-order valence-electron chi connectivity index (χ3n) is 3.30. The number of rotatable bonds is 4. The number of hydrogen-bond donors (Lipinski definition) is 1. The highest BCUT2D eigenvalue weighted by Crippen LogP contribution is 2.25. The van der Waals surface area contributed by atoms with Gasteiger partial charge in [0.05, 0.1) is 11.4 Å². The van der Waals surface area contributed by atoms with Crippen LogP contribution in [-0.4, -0.2) is 16.8 Å². The van der Waals surface area contributed by atoms with Gasteiger partial charge >= 0.3 is 0 Å². The lowest BCUT2D eigenvalue weighted by Crippen LogP contribution is -2.05. The van der Waals surface area contributed by atoms with Crippen molar-refractivity contribution in [3.05, 3.63) is 71.4 Å². The van der Waals surface area contributed by atoms with Crippen LogP contribution in [0, 0.1) is 0 Å². The van der Waals surface area contributed by atoms with Gasteiger partial charge in [-0.25, -0.2) is 4.68 Å². The Morgan fingerprint density at radius 2 is 1.76 bits per heavy atom. The molecule has 3 aromatic rings. The molecule has 0 bridgehead atoms. The Labute approximate surface area is 129 Å². The van der Waals surface area contributed by atoms with Crippen molar-refractivity contribution in [2.75, 3.05) is 7.05 Å². The molecule has 0 atom stereocenters. The smallest absolute Gasteiger partial charge is 0.0972 e. The molecular weight excluding hydrogens is 282 g/mol. The van der Waals surface area contributed by atoms with Gasteiger partial charge in [-0.3, -0.25) is 0 Å². The summed E-state index contributed by atoms with van der Waals surface area (Å²) in [7, 11) is 1.94. The maximum atomic E-state index is 5.96. The lowest BCUT2D eigenvalue weighted by molar-refractivity contribution is 0.817. The highest BCUT2D eigenvalue weighted by Gasteiger charge is 2.11. The first kappa shape index (κ1) is 13.9. The van der Waals surface area contributed by atoms with Crippen LogP contribution in [0.5, 0.6) is 0 Å².